The third-order valence-electron chi connectivity index (χ3n) is 2.71. The van der Waals surface area contributed by atoms with Crippen molar-refractivity contribution in [3.63, 3.8) is 0 Å². The van der Waals surface area contributed by atoms with Gasteiger partial charge in [-0.25, -0.2) is 0 Å². The summed E-state index contributed by atoms with van der Waals surface area (Å²) in [6.45, 7) is 1.60. The van der Waals surface area contributed by atoms with E-state index in [2.05, 4.69) is 0 Å². The summed E-state index contributed by atoms with van der Waals surface area (Å²) in [7, 11) is 0. The lowest BCUT2D eigenvalue weighted by Gasteiger charge is -2.10. The van der Waals surface area contributed by atoms with Gasteiger partial charge in [0.2, 0.25) is 5.75 Å². The Morgan fingerprint density at radius 1 is 1.30 bits per heavy atom. The molecule has 0 aliphatic rings. The molecule has 0 saturated carbocycles. The molecule has 104 valence electrons. The lowest BCUT2D eigenvalue weighted by Crippen LogP contribution is -1.95. The average molecular weight is 294 g/mol. The zero-order valence-corrected chi connectivity index (χ0v) is 11.4. The minimum absolute atomic E-state index is 0.122. The number of nitro benzene ring substituents is 1. The van der Waals surface area contributed by atoms with Crippen molar-refractivity contribution in [2.24, 2.45) is 0 Å². The van der Waals surface area contributed by atoms with Crippen LogP contribution in [-0.4, -0.2) is 10.0 Å². The second-order valence-corrected chi connectivity index (χ2v) is 4.59. The Morgan fingerprint density at radius 3 is 2.60 bits per heavy atom. The maximum atomic E-state index is 10.9. The minimum atomic E-state index is -0.692. The molecule has 20 heavy (non-hydrogen) atoms. The smallest absolute Gasteiger partial charge is 0.311 e. The Bertz CT molecular complexity index is 643. The van der Waals surface area contributed by atoms with E-state index in [-0.39, 0.29) is 11.4 Å². The van der Waals surface area contributed by atoms with Crippen LogP contribution in [0.5, 0.6) is 11.5 Å². The molecule has 0 saturated heterocycles. The van der Waals surface area contributed by atoms with Gasteiger partial charge < -0.3 is 9.84 Å². The van der Waals surface area contributed by atoms with Crippen molar-refractivity contribution in [3.05, 3.63) is 63.2 Å². The molecule has 0 spiro atoms. The van der Waals surface area contributed by atoms with Gasteiger partial charge in [-0.15, -0.1) is 0 Å². The molecule has 0 aromatic heterocycles. The first-order valence-corrected chi connectivity index (χ1v) is 6.25. The first-order chi connectivity index (χ1) is 9.49. The normalized spacial score (nSPS) is 11.9. The van der Waals surface area contributed by atoms with Crippen molar-refractivity contribution in [2.75, 3.05) is 0 Å². The first kappa shape index (κ1) is 14.3. The summed E-state index contributed by atoms with van der Waals surface area (Å²) in [6.07, 6.45) is -0.692. The summed E-state index contributed by atoms with van der Waals surface area (Å²) >= 11 is 6.02. The Balaban J connectivity index is 2.31. The zero-order chi connectivity index (χ0) is 14.7. The summed E-state index contributed by atoms with van der Waals surface area (Å²) in [4.78, 5) is 10.4. The van der Waals surface area contributed by atoms with Crippen LogP contribution in [0, 0.1) is 10.1 Å². The van der Waals surface area contributed by atoms with E-state index in [0.29, 0.717) is 16.3 Å². The molecule has 0 fully saturated rings. The molecule has 0 aliphatic carbocycles. The third kappa shape index (κ3) is 3.07. The van der Waals surface area contributed by atoms with Gasteiger partial charge in [-0.3, -0.25) is 10.1 Å². The number of nitrogens with zero attached hydrogens (tertiary/aromatic N) is 1. The van der Waals surface area contributed by atoms with E-state index in [1.165, 1.54) is 18.2 Å². The van der Waals surface area contributed by atoms with Crippen molar-refractivity contribution < 1.29 is 14.8 Å². The fourth-order valence-electron chi connectivity index (χ4n) is 1.73. The van der Waals surface area contributed by atoms with Gasteiger partial charge in [0.05, 0.1) is 16.0 Å². The molecule has 0 heterocycles. The predicted molar refractivity (Wildman–Crippen MR) is 75.3 cm³/mol. The molecule has 2 rings (SSSR count). The van der Waals surface area contributed by atoms with E-state index in [1.807, 2.05) is 0 Å². The second-order valence-electron chi connectivity index (χ2n) is 4.19. The molecule has 1 atom stereocenters. The molecule has 1 unspecified atom stereocenters. The van der Waals surface area contributed by atoms with Gasteiger partial charge in [-0.05, 0) is 30.7 Å². The minimum Gasteiger partial charge on any atom is -0.450 e. The molecule has 2 aromatic carbocycles. The van der Waals surface area contributed by atoms with Crippen LogP contribution in [0.1, 0.15) is 18.6 Å². The molecule has 0 amide bonds. The number of halogens is 1. The molecule has 0 aliphatic heterocycles. The van der Waals surface area contributed by atoms with Crippen molar-refractivity contribution in [1.29, 1.82) is 0 Å². The summed E-state index contributed by atoms with van der Waals surface area (Å²) in [6, 6.07) is 10.8. The Labute approximate surface area is 120 Å². The molecular weight excluding hydrogens is 282 g/mol. The highest BCUT2D eigenvalue weighted by molar-refractivity contribution is 6.31. The van der Waals surface area contributed by atoms with E-state index < -0.39 is 11.0 Å². The number of aliphatic hydroxyl groups excluding tert-OH is 1. The summed E-state index contributed by atoms with van der Waals surface area (Å²) in [5.74, 6) is 0.507. The fourth-order valence-corrected chi connectivity index (χ4v) is 2.06. The van der Waals surface area contributed by atoms with E-state index >= 15 is 0 Å². The fraction of sp³-hybridized carbons (Fsp3) is 0.143. The molecule has 1 N–H and O–H groups in total. The quantitative estimate of drug-likeness (QED) is 0.680. The zero-order valence-electron chi connectivity index (χ0n) is 10.6. The summed E-state index contributed by atoms with van der Waals surface area (Å²) in [5.41, 5.74) is 0.449. The summed E-state index contributed by atoms with van der Waals surface area (Å²) in [5, 5.41) is 20.7. The van der Waals surface area contributed by atoms with Gasteiger partial charge >= 0.3 is 5.69 Å². The molecule has 6 heteroatoms. The van der Waals surface area contributed by atoms with Crippen LogP contribution in [0.4, 0.5) is 5.69 Å². The predicted octanol–water partition coefficient (Wildman–Crippen LogP) is 4.09. The van der Waals surface area contributed by atoms with Gasteiger partial charge in [-0.1, -0.05) is 29.8 Å². The Morgan fingerprint density at radius 2 is 2.00 bits per heavy atom. The average Bonchev–Trinajstić information content (AvgIpc) is 2.38. The Hall–Kier alpha value is -2.11. The van der Waals surface area contributed by atoms with Crippen LogP contribution in [0.15, 0.2) is 42.5 Å². The topological polar surface area (TPSA) is 72.6 Å². The van der Waals surface area contributed by atoms with Crippen LogP contribution in [0.25, 0.3) is 0 Å². The maximum Gasteiger partial charge on any atom is 0.311 e. The van der Waals surface area contributed by atoms with Crippen LogP contribution in [0.3, 0.4) is 0 Å². The molecule has 5 nitrogen and oxygen atoms in total. The van der Waals surface area contributed by atoms with Crippen molar-refractivity contribution in [2.45, 2.75) is 13.0 Å². The van der Waals surface area contributed by atoms with Crippen molar-refractivity contribution >= 4 is 17.3 Å². The number of aliphatic hydroxyl groups is 1. The molecular formula is C14H12ClNO4. The second kappa shape index (κ2) is 5.90. The van der Waals surface area contributed by atoms with E-state index in [1.54, 1.807) is 31.2 Å². The van der Waals surface area contributed by atoms with Gasteiger partial charge in [0, 0.05) is 6.07 Å². The Kier molecular flexibility index (Phi) is 4.22. The highest BCUT2D eigenvalue weighted by Gasteiger charge is 2.15. The maximum absolute atomic E-state index is 10.9. The van der Waals surface area contributed by atoms with Gasteiger partial charge in [0.25, 0.3) is 0 Å². The number of rotatable bonds is 4. The van der Waals surface area contributed by atoms with Crippen LogP contribution in [-0.2, 0) is 0 Å². The number of benzene rings is 2. The van der Waals surface area contributed by atoms with E-state index in [4.69, 9.17) is 16.3 Å². The van der Waals surface area contributed by atoms with Crippen LogP contribution in [0.2, 0.25) is 5.02 Å². The number of hydrogen-bond donors (Lipinski definition) is 1. The highest BCUT2D eigenvalue weighted by atomic mass is 35.5. The number of para-hydroxylation sites is 2. The number of nitro groups is 1. The van der Waals surface area contributed by atoms with E-state index in [0.717, 1.165) is 0 Å². The molecule has 2 aromatic rings. The third-order valence-corrected chi connectivity index (χ3v) is 3.04. The van der Waals surface area contributed by atoms with Crippen molar-refractivity contribution in [3.8, 4) is 11.5 Å². The van der Waals surface area contributed by atoms with Gasteiger partial charge in [0.1, 0.15) is 5.75 Å². The van der Waals surface area contributed by atoms with E-state index in [9.17, 15) is 15.2 Å². The largest absolute Gasteiger partial charge is 0.450 e. The standard InChI is InChI=1S/C14H12ClNO4/c1-9(17)11-7-6-10(8-12(11)15)20-14-5-3-2-4-13(14)16(18)19/h2-9,17H,1H3. The molecule has 0 bridgehead atoms. The van der Waals surface area contributed by atoms with Gasteiger partial charge in [-0.2, -0.15) is 0 Å². The van der Waals surface area contributed by atoms with Crippen LogP contribution < -0.4 is 4.74 Å². The lowest BCUT2D eigenvalue weighted by molar-refractivity contribution is -0.385. The number of hydrogen-bond acceptors (Lipinski definition) is 4. The van der Waals surface area contributed by atoms with Gasteiger partial charge in [0.15, 0.2) is 0 Å². The van der Waals surface area contributed by atoms with Crippen molar-refractivity contribution in [1.82, 2.24) is 0 Å². The summed E-state index contributed by atoms with van der Waals surface area (Å²) < 4.78 is 5.48. The van der Waals surface area contributed by atoms with Crippen LogP contribution >= 0.6 is 11.6 Å². The SMILES string of the molecule is CC(O)c1ccc(Oc2ccccc2[N+](=O)[O-])cc1Cl. The highest BCUT2D eigenvalue weighted by Crippen LogP contribution is 2.33. The lowest BCUT2D eigenvalue weighted by atomic mass is 10.1. The number of ether oxygens (including phenoxy) is 1. The molecule has 0 radical (unpaired) electrons. The monoisotopic (exact) mass is 293 g/mol. The first-order valence-electron chi connectivity index (χ1n) is 5.88.